The van der Waals surface area contributed by atoms with E-state index >= 15 is 0 Å². The fourth-order valence-corrected chi connectivity index (χ4v) is 5.17. The normalized spacial score (nSPS) is 15.2. The van der Waals surface area contributed by atoms with E-state index in [1.165, 1.54) is 12.1 Å². The molecule has 0 N–H and O–H groups in total. The molecule has 0 bridgehead atoms. The third-order valence-electron chi connectivity index (χ3n) is 7.31. The maximum atomic E-state index is 13.3. The van der Waals surface area contributed by atoms with Crippen molar-refractivity contribution in [2.24, 2.45) is 0 Å². The summed E-state index contributed by atoms with van der Waals surface area (Å²) < 4.78 is 25.3. The molecular weight excluding hydrogens is 479 g/mol. The van der Waals surface area contributed by atoms with Gasteiger partial charge in [0.05, 0.1) is 11.5 Å². The van der Waals surface area contributed by atoms with E-state index in [4.69, 9.17) is 9.16 Å². The highest BCUT2D eigenvalue weighted by Crippen LogP contribution is 2.38. The van der Waals surface area contributed by atoms with E-state index in [1.807, 2.05) is 17.0 Å². The second kappa shape index (κ2) is 11.6. The summed E-state index contributed by atoms with van der Waals surface area (Å²) in [6.07, 6.45) is 3.13. The van der Waals surface area contributed by atoms with Crippen molar-refractivity contribution in [3.63, 3.8) is 0 Å². The van der Waals surface area contributed by atoms with Crippen LogP contribution in [0.3, 0.4) is 0 Å². The summed E-state index contributed by atoms with van der Waals surface area (Å²) >= 11 is 0. The summed E-state index contributed by atoms with van der Waals surface area (Å²) in [5.41, 5.74) is 0.907. The fourth-order valence-electron chi connectivity index (χ4n) is 4.08. The number of ether oxygens (including phenoxy) is 1. The SMILES string of the molecule is Cc1nc(OCCCCO[Si](C)(C)C(C)(C)C)c([N+](=O)[O-])c(N2CCC(c3ccc(F)cc3)CC2)n1. The first-order valence-corrected chi connectivity index (χ1v) is 15.6. The predicted octanol–water partition coefficient (Wildman–Crippen LogP) is 6.40. The number of benzene rings is 1. The molecular formula is C26H39FN4O4Si. The molecule has 0 atom stereocenters. The van der Waals surface area contributed by atoms with Gasteiger partial charge in [-0.2, -0.15) is 4.98 Å². The molecule has 36 heavy (non-hydrogen) atoms. The molecule has 0 amide bonds. The quantitative estimate of drug-likeness (QED) is 0.156. The van der Waals surface area contributed by atoms with Gasteiger partial charge in [-0.3, -0.25) is 10.1 Å². The Labute approximate surface area is 214 Å². The molecule has 1 aromatic heterocycles. The van der Waals surface area contributed by atoms with E-state index in [-0.39, 0.29) is 28.3 Å². The highest BCUT2D eigenvalue weighted by Gasteiger charge is 2.37. The van der Waals surface area contributed by atoms with Crippen molar-refractivity contribution >= 4 is 19.8 Å². The molecule has 3 rings (SSSR count). The summed E-state index contributed by atoms with van der Waals surface area (Å²) in [4.78, 5) is 22.2. The van der Waals surface area contributed by atoms with Crippen LogP contribution in [0.1, 0.15) is 63.8 Å². The number of piperidine rings is 1. The van der Waals surface area contributed by atoms with Crippen LogP contribution < -0.4 is 9.64 Å². The second-order valence-electron chi connectivity index (χ2n) is 11.0. The molecule has 1 fully saturated rings. The average Bonchev–Trinajstić information content (AvgIpc) is 2.80. The maximum Gasteiger partial charge on any atom is 0.372 e. The van der Waals surface area contributed by atoms with E-state index in [9.17, 15) is 14.5 Å². The summed E-state index contributed by atoms with van der Waals surface area (Å²) in [6, 6.07) is 6.58. The summed E-state index contributed by atoms with van der Waals surface area (Å²) in [5, 5.41) is 12.2. The zero-order valence-corrected chi connectivity index (χ0v) is 23.3. The van der Waals surface area contributed by atoms with Crippen LogP contribution in [-0.4, -0.2) is 49.5 Å². The van der Waals surface area contributed by atoms with E-state index in [1.54, 1.807) is 6.92 Å². The standard InChI is InChI=1S/C26H39FN4O4Si/c1-19-28-24(30-15-13-21(14-16-30)20-9-11-22(27)12-10-20)23(31(32)33)25(29-19)34-17-7-8-18-35-36(5,6)26(2,3)4/h9-12,21H,7-8,13-18H2,1-6H3. The molecule has 0 aliphatic carbocycles. The summed E-state index contributed by atoms with van der Waals surface area (Å²) in [6.45, 7) is 15.0. The lowest BCUT2D eigenvalue weighted by Gasteiger charge is -2.36. The van der Waals surface area contributed by atoms with Gasteiger partial charge >= 0.3 is 5.69 Å². The van der Waals surface area contributed by atoms with Crippen LogP contribution in [0.4, 0.5) is 15.9 Å². The molecule has 0 spiro atoms. The van der Waals surface area contributed by atoms with E-state index in [2.05, 4.69) is 43.8 Å². The molecule has 0 saturated carbocycles. The Bertz CT molecular complexity index is 1040. The van der Waals surface area contributed by atoms with Gasteiger partial charge < -0.3 is 14.1 Å². The number of unbranched alkanes of at least 4 members (excludes halogenated alkanes) is 1. The van der Waals surface area contributed by atoms with Gasteiger partial charge in [-0.05, 0) is 74.4 Å². The van der Waals surface area contributed by atoms with Gasteiger partial charge in [0.1, 0.15) is 11.6 Å². The molecule has 198 valence electrons. The van der Waals surface area contributed by atoms with Crippen LogP contribution in [0.5, 0.6) is 5.88 Å². The van der Waals surface area contributed by atoms with Gasteiger partial charge in [-0.1, -0.05) is 32.9 Å². The van der Waals surface area contributed by atoms with Crippen molar-refractivity contribution in [3.05, 3.63) is 51.6 Å². The fraction of sp³-hybridized carbons (Fsp3) is 0.615. The number of aromatic nitrogens is 2. The lowest BCUT2D eigenvalue weighted by Crippen LogP contribution is -2.41. The first kappa shape index (κ1) is 28.0. The average molecular weight is 519 g/mol. The van der Waals surface area contributed by atoms with Crippen molar-refractivity contribution in [3.8, 4) is 5.88 Å². The van der Waals surface area contributed by atoms with Crippen LogP contribution in [0.15, 0.2) is 24.3 Å². The van der Waals surface area contributed by atoms with Gasteiger partial charge in [-0.15, -0.1) is 0 Å². The van der Waals surface area contributed by atoms with E-state index < -0.39 is 13.2 Å². The van der Waals surface area contributed by atoms with Crippen molar-refractivity contribution in [1.82, 2.24) is 9.97 Å². The van der Waals surface area contributed by atoms with Gasteiger partial charge in [-0.25, -0.2) is 9.37 Å². The lowest BCUT2D eigenvalue weighted by atomic mass is 9.89. The smallest absolute Gasteiger partial charge is 0.372 e. The Morgan fingerprint density at radius 2 is 1.72 bits per heavy atom. The number of nitrogens with zero attached hydrogens (tertiary/aromatic N) is 4. The molecule has 1 aliphatic rings. The number of anilines is 1. The van der Waals surface area contributed by atoms with Crippen LogP contribution in [-0.2, 0) is 4.43 Å². The maximum absolute atomic E-state index is 13.3. The van der Waals surface area contributed by atoms with Crippen LogP contribution >= 0.6 is 0 Å². The molecule has 2 heterocycles. The largest absolute Gasteiger partial charge is 0.473 e. The number of aryl methyl sites for hydroxylation is 1. The Kier molecular flexibility index (Phi) is 9.05. The number of hydrogen-bond acceptors (Lipinski definition) is 7. The molecule has 1 aliphatic heterocycles. The number of hydrogen-bond donors (Lipinski definition) is 0. The van der Waals surface area contributed by atoms with Crippen LogP contribution in [0.25, 0.3) is 0 Å². The summed E-state index contributed by atoms with van der Waals surface area (Å²) in [7, 11) is -1.79. The first-order chi connectivity index (χ1) is 16.9. The van der Waals surface area contributed by atoms with Gasteiger partial charge in [0.25, 0.3) is 5.88 Å². The minimum absolute atomic E-state index is 0.0217. The Balaban J connectivity index is 1.61. The molecule has 2 aromatic rings. The second-order valence-corrected chi connectivity index (χ2v) is 15.8. The monoisotopic (exact) mass is 518 g/mol. The van der Waals surface area contributed by atoms with Crippen molar-refractivity contribution in [1.29, 1.82) is 0 Å². The van der Waals surface area contributed by atoms with Gasteiger partial charge in [0.2, 0.25) is 5.82 Å². The van der Waals surface area contributed by atoms with Crippen LogP contribution in [0.2, 0.25) is 18.1 Å². The Morgan fingerprint density at radius 3 is 2.31 bits per heavy atom. The summed E-state index contributed by atoms with van der Waals surface area (Å²) in [5.74, 6) is 0.800. The molecule has 1 saturated heterocycles. The van der Waals surface area contributed by atoms with E-state index in [0.717, 1.165) is 24.8 Å². The van der Waals surface area contributed by atoms with E-state index in [0.29, 0.717) is 44.4 Å². The minimum atomic E-state index is -1.79. The predicted molar refractivity (Wildman–Crippen MR) is 142 cm³/mol. The number of halogens is 1. The highest BCUT2D eigenvalue weighted by atomic mass is 28.4. The number of rotatable bonds is 10. The minimum Gasteiger partial charge on any atom is -0.473 e. The molecule has 0 radical (unpaired) electrons. The van der Waals surface area contributed by atoms with Crippen molar-refractivity contribution in [2.75, 3.05) is 31.2 Å². The lowest BCUT2D eigenvalue weighted by molar-refractivity contribution is -0.385. The first-order valence-electron chi connectivity index (χ1n) is 12.7. The Hall–Kier alpha value is -2.59. The topological polar surface area (TPSA) is 90.6 Å². The third-order valence-corrected chi connectivity index (χ3v) is 11.8. The zero-order valence-electron chi connectivity index (χ0n) is 22.3. The molecule has 1 aromatic carbocycles. The number of nitro groups is 1. The third kappa shape index (κ3) is 7.00. The highest BCUT2D eigenvalue weighted by molar-refractivity contribution is 6.74. The molecule has 0 unspecified atom stereocenters. The molecule has 8 nitrogen and oxygen atoms in total. The van der Waals surface area contributed by atoms with Crippen LogP contribution in [0, 0.1) is 22.9 Å². The zero-order chi connectivity index (χ0) is 26.5. The van der Waals surface area contributed by atoms with Gasteiger partial charge in [0.15, 0.2) is 8.32 Å². The van der Waals surface area contributed by atoms with Crippen molar-refractivity contribution < 1.29 is 18.5 Å². The van der Waals surface area contributed by atoms with Crippen molar-refractivity contribution in [2.45, 2.75) is 77.4 Å². The Morgan fingerprint density at radius 1 is 1.11 bits per heavy atom. The van der Waals surface area contributed by atoms with Gasteiger partial charge in [0, 0.05) is 19.7 Å². The molecule has 10 heteroatoms.